The molecule has 6 heteroatoms. The largest absolute Gasteiger partial charge is 0.395 e. The van der Waals surface area contributed by atoms with Crippen molar-refractivity contribution in [3.05, 3.63) is 45.7 Å². The fourth-order valence-corrected chi connectivity index (χ4v) is 2.34. The van der Waals surface area contributed by atoms with E-state index in [2.05, 4.69) is 22.1 Å². The highest BCUT2D eigenvalue weighted by molar-refractivity contribution is 7.12. The fraction of sp³-hybridized carbons (Fsp3) is 0.200. The third kappa shape index (κ3) is 3.88. The van der Waals surface area contributed by atoms with E-state index in [1.807, 2.05) is 0 Å². The Labute approximate surface area is 125 Å². The van der Waals surface area contributed by atoms with Gasteiger partial charge in [0.2, 0.25) is 0 Å². The molecule has 0 fully saturated rings. The minimum absolute atomic E-state index is 0.0654. The minimum Gasteiger partial charge on any atom is -0.395 e. The van der Waals surface area contributed by atoms with Crippen LogP contribution in [0.2, 0.25) is 0 Å². The molecule has 1 amide bonds. The molecule has 2 aromatic rings. The van der Waals surface area contributed by atoms with Gasteiger partial charge in [-0.25, -0.2) is 9.37 Å². The van der Waals surface area contributed by atoms with Gasteiger partial charge in [-0.2, -0.15) is 0 Å². The number of carbonyl (C=O) groups is 1. The van der Waals surface area contributed by atoms with Crippen molar-refractivity contribution in [3.63, 3.8) is 0 Å². The van der Waals surface area contributed by atoms with Crippen molar-refractivity contribution in [1.82, 2.24) is 4.98 Å². The van der Waals surface area contributed by atoms with Gasteiger partial charge in [0, 0.05) is 6.42 Å². The van der Waals surface area contributed by atoms with E-state index in [9.17, 15) is 9.18 Å². The summed E-state index contributed by atoms with van der Waals surface area (Å²) in [7, 11) is 0. The van der Waals surface area contributed by atoms with Gasteiger partial charge in [-0.15, -0.1) is 11.3 Å². The maximum absolute atomic E-state index is 13.3. The van der Waals surface area contributed by atoms with Crippen molar-refractivity contribution >= 4 is 22.9 Å². The van der Waals surface area contributed by atoms with Gasteiger partial charge < -0.3 is 10.4 Å². The average Bonchev–Trinajstić information content (AvgIpc) is 2.88. The van der Waals surface area contributed by atoms with Crippen molar-refractivity contribution in [1.29, 1.82) is 0 Å². The zero-order valence-electron chi connectivity index (χ0n) is 11.3. The number of amides is 1. The molecule has 0 aliphatic heterocycles. The maximum atomic E-state index is 13.3. The number of carbonyl (C=O) groups excluding carboxylic acids is 1. The van der Waals surface area contributed by atoms with Crippen LogP contribution in [0.15, 0.2) is 23.7 Å². The quantitative estimate of drug-likeness (QED) is 0.857. The van der Waals surface area contributed by atoms with E-state index < -0.39 is 5.82 Å². The molecule has 21 heavy (non-hydrogen) atoms. The Balaban J connectivity index is 2.26. The highest BCUT2D eigenvalue weighted by Gasteiger charge is 2.13. The number of nitrogens with zero attached hydrogens (tertiary/aromatic N) is 1. The summed E-state index contributed by atoms with van der Waals surface area (Å²) < 4.78 is 13.3. The second-order valence-corrected chi connectivity index (χ2v) is 5.04. The van der Waals surface area contributed by atoms with E-state index in [1.165, 1.54) is 29.5 Å². The molecule has 1 heterocycles. The number of hydrogen-bond donors (Lipinski definition) is 2. The molecule has 2 N–H and O–H groups in total. The van der Waals surface area contributed by atoms with Crippen LogP contribution in [0.5, 0.6) is 0 Å². The summed E-state index contributed by atoms with van der Waals surface area (Å²) in [4.78, 5) is 16.7. The minimum atomic E-state index is -0.435. The first-order valence-corrected chi connectivity index (χ1v) is 7.10. The number of rotatable bonds is 3. The van der Waals surface area contributed by atoms with E-state index in [4.69, 9.17) is 5.11 Å². The van der Waals surface area contributed by atoms with Crippen molar-refractivity contribution < 1.29 is 14.3 Å². The summed E-state index contributed by atoms with van der Waals surface area (Å²) in [5.41, 5.74) is 3.04. The van der Waals surface area contributed by atoms with Gasteiger partial charge in [0.05, 0.1) is 29.1 Å². The van der Waals surface area contributed by atoms with Crippen molar-refractivity contribution in [3.8, 4) is 11.8 Å². The highest BCUT2D eigenvalue weighted by atomic mass is 32.1. The summed E-state index contributed by atoms with van der Waals surface area (Å²) in [5.74, 6) is 4.72. The van der Waals surface area contributed by atoms with E-state index in [0.29, 0.717) is 21.8 Å². The molecule has 0 bridgehead atoms. The first-order chi connectivity index (χ1) is 10.1. The summed E-state index contributed by atoms with van der Waals surface area (Å²) >= 11 is 1.24. The van der Waals surface area contributed by atoms with Crippen LogP contribution in [-0.4, -0.2) is 22.6 Å². The summed E-state index contributed by atoms with van der Waals surface area (Å²) in [5, 5.41) is 11.4. The number of aliphatic hydroxyl groups excluding tert-OH is 1. The lowest BCUT2D eigenvalue weighted by atomic mass is 10.1. The Morgan fingerprint density at radius 3 is 3.00 bits per heavy atom. The third-order valence-electron chi connectivity index (χ3n) is 2.64. The number of anilines is 1. The molecule has 108 valence electrons. The van der Waals surface area contributed by atoms with Gasteiger partial charge in [0.25, 0.3) is 5.91 Å². The van der Waals surface area contributed by atoms with Crippen LogP contribution in [0.4, 0.5) is 10.1 Å². The van der Waals surface area contributed by atoms with E-state index >= 15 is 0 Å². The number of aliphatic hydroxyl groups is 1. The Morgan fingerprint density at radius 2 is 2.33 bits per heavy atom. The monoisotopic (exact) mass is 304 g/mol. The summed E-state index contributed by atoms with van der Waals surface area (Å²) in [6, 6.07) is 3.97. The Bertz CT molecular complexity index is 716. The van der Waals surface area contributed by atoms with Crippen LogP contribution in [0, 0.1) is 24.6 Å². The lowest BCUT2D eigenvalue weighted by Crippen LogP contribution is -2.12. The molecule has 4 nitrogen and oxygen atoms in total. The third-order valence-corrected chi connectivity index (χ3v) is 3.57. The predicted octanol–water partition coefficient (Wildman–Crippen LogP) is 2.58. The average molecular weight is 304 g/mol. The number of hydrogen-bond acceptors (Lipinski definition) is 4. The number of aryl methyl sites for hydroxylation is 1. The molecule has 0 aliphatic rings. The number of benzene rings is 1. The lowest BCUT2D eigenvalue weighted by molar-refractivity contribution is 0.102. The first kappa shape index (κ1) is 15.2. The molecule has 0 unspecified atom stereocenters. The predicted molar refractivity (Wildman–Crippen MR) is 79.8 cm³/mol. The highest BCUT2D eigenvalue weighted by Crippen LogP contribution is 2.19. The topological polar surface area (TPSA) is 62.2 Å². The molecule has 1 aromatic carbocycles. The zero-order valence-corrected chi connectivity index (χ0v) is 12.1. The number of aromatic nitrogens is 1. The Morgan fingerprint density at radius 1 is 1.52 bits per heavy atom. The Kier molecular flexibility index (Phi) is 5.04. The van der Waals surface area contributed by atoms with Crippen LogP contribution < -0.4 is 5.32 Å². The Hall–Kier alpha value is -2.23. The molecule has 0 aliphatic carbocycles. The second kappa shape index (κ2) is 6.97. The van der Waals surface area contributed by atoms with Crippen LogP contribution in [0.3, 0.4) is 0 Å². The molecule has 0 saturated heterocycles. The van der Waals surface area contributed by atoms with E-state index in [1.54, 1.807) is 12.4 Å². The van der Waals surface area contributed by atoms with Gasteiger partial charge >= 0.3 is 0 Å². The zero-order chi connectivity index (χ0) is 15.2. The smallest absolute Gasteiger partial charge is 0.267 e. The molecular weight excluding hydrogens is 291 g/mol. The van der Waals surface area contributed by atoms with E-state index in [0.717, 1.165) is 0 Å². The molecule has 0 radical (unpaired) electrons. The van der Waals surface area contributed by atoms with Crippen LogP contribution >= 0.6 is 11.3 Å². The van der Waals surface area contributed by atoms with Crippen molar-refractivity contribution in [2.24, 2.45) is 0 Å². The SMILES string of the molecule is Cc1ncsc1C(=O)Nc1ccc(F)cc1C#CCCO. The second-order valence-electron chi connectivity index (χ2n) is 4.19. The molecule has 0 atom stereocenters. The van der Waals surface area contributed by atoms with Gasteiger partial charge in [-0.1, -0.05) is 11.8 Å². The van der Waals surface area contributed by atoms with Gasteiger partial charge in [0.1, 0.15) is 10.7 Å². The van der Waals surface area contributed by atoms with Crippen LogP contribution in [0.1, 0.15) is 27.3 Å². The number of thiazole rings is 1. The fourth-order valence-electron chi connectivity index (χ4n) is 1.64. The molecule has 2 rings (SSSR count). The molecule has 0 spiro atoms. The van der Waals surface area contributed by atoms with Gasteiger partial charge in [-0.05, 0) is 25.1 Å². The maximum Gasteiger partial charge on any atom is 0.267 e. The normalized spacial score (nSPS) is 9.86. The molecule has 0 saturated carbocycles. The van der Waals surface area contributed by atoms with Gasteiger partial charge in [0.15, 0.2) is 0 Å². The lowest BCUT2D eigenvalue weighted by Gasteiger charge is -2.07. The summed E-state index contributed by atoms with van der Waals surface area (Å²) in [6.07, 6.45) is 0.290. The van der Waals surface area contributed by atoms with Crippen molar-refractivity contribution in [2.45, 2.75) is 13.3 Å². The standard InChI is InChI=1S/C15H13FN2O2S/c1-10-14(21-9-17-10)15(20)18-13-6-5-12(16)8-11(13)4-2-3-7-19/h5-6,8-9,19H,3,7H2,1H3,(H,18,20). The molecule has 1 aromatic heterocycles. The molecular formula is C15H13FN2O2S. The van der Waals surface area contributed by atoms with Gasteiger partial charge in [-0.3, -0.25) is 4.79 Å². The van der Waals surface area contributed by atoms with E-state index in [-0.39, 0.29) is 18.9 Å². The summed E-state index contributed by atoms with van der Waals surface area (Å²) in [6.45, 7) is 1.68. The van der Waals surface area contributed by atoms with Crippen LogP contribution in [-0.2, 0) is 0 Å². The van der Waals surface area contributed by atoms with Crippen LogP contribution in [0.25, 0.3) is 0 Å². The van der Waals surface area contributed by atoms with Crippen molar-refractivity contribution in [2.75, 3.05) is 11.9 Å². The number of halogens is 1. The first-order valence-electron chi connectivity index (χ1n) is 6.22. The number of nitrogens with one attached hydrogen (secondary N) is 1.